The molecular weight excluding hydrogens is 182 g/mol. The van der Waals surface area contributed by atoms with E-state index in [2.05, 4.69) is 44.1 Å². The van der Waals surface area contributed by atoms with Crippen molar-refractivity contribution in [2.45, 2.75) is 59.3 Å². The molecule has 0 aromatic carbocycles. The van der Waals surface area contributed by atoms with E-state index < -0.39 is 0 Å². The van der Waals surface area contributed by atoms with Crippen LogP contribution in [0.3, 0.4) is 0 Å². The van der Waals surface area contributed by atoms with Crippen LogP contribution in [-0.2, 0) is 0 Å². The van der Waals surface area contributed by atoms with Crippen LogP contribution in [0.4, 0.5) is 0 Å². The van der Waals surface area contributed by atoms with Gasteiger partial charge in [0, 0.05) is 12.8 Å². The Morgan fingerprint density at radius 2 is 1.93 bits per heavy atom. The minimum Gasteiger partial charge on any atom is -0.298 e. The molecule has 0 heterocycles. The molecule has 1 atom stereocenters. The van der Waals surface area contributed by atoms with Crippen LogP contribution in [-0.4, -0.2) is 12.8 Å². The number of hydrogen-bond donors (Lipinski definition) is 0. The van der Waals surface area contributed by atoms with Gasteiger partial charge in [-0.15, -0.1) is 0 Å². The normalized spacial score (nSPS) is 14.1. The number of rotatable bonds is 9. The highest BCUT2D eigenvalue weighted by Crippen LogP contribution is 2.13. The predicted octanol–water partition coefficient (Wildman–Crippen LogP) is 4.63. The molecule has 1 nitrogen and oxygen atoms in total. The van der Waals surface area contributed by atoms with E-state index in [1.807, 2.05) is 0 Å². The smallest absolute Gasteiger partial charge is 0.0357 e. The van der Waals surface area contributed by atoms with Crippen LogP contribution >= 0.6 is 0 Å². The Balaban J connectivity index is 3.74. The molecule has 0 radical (unpaired) electrons. The Kier molecular flexibility index (Phi) is 11.0. The minimum atomic E-state index is 0.665. The van der Waals surface area contributed by atoms with Crippen LogP contribution in [0.1, 0.15) is 59.3 Å². The summed E-state index contributed by atoms with van der Waals surface area (Å²) in [6.07, 6.45) is 14.4. The van der Waals surface area contributed by atoms with Gasteiger partial charge in [-0.2, -0.15) is 0 Å². The second-order valence-electron chi connectivity index (χ2n) is 4.06. The molecule has 0 saturated carbocycles. The molecule has 88 valence electrons. The topological polar surface area (TPSA) is 12.4 Å². The molecule has 0 amide bonds. The van der Waals surface area contributed by atoms with Gasteiger partial charge in [0.2, 0.25) is 0 Å². The van der Waals surface area contributed by atoms with Gasteiger partial charge in [-0.25, -0.2) is 0 Å². The summed E-state index contributed by atoms with van der Waals surface area (Å²) in [5, 5.41) is 0. The van der Waals surface area contributed by atoms with Crippen LogP contribution in [0.25, 0.3) is 0 Å². The van der Waals surface area contributed by atoms with Gasteiger partial charge in [-0.1, -0.05) is 44.8 Å². The zero-order valence-corrected chi connectivity index (χ0v) is 10.7. The van der Waals surface area contributed by atoms with E-state index in [1.165, 1.54) is 32.1 Å². The molecule has 0 N–H and O–H groups in total. The molecule has 0 rings (SSSR count). The van der Waals surface area contributed by atoms with E-state index in [1.54, 1.807) is 0 Å². The van der Waals surface area contributed by atoms with Gasteiger partial charge >= 0.3 is 0 Å². The molecule has 1 heteroatoms. The summed E-state index contributed by atoms with van der Waals surface area (Å²) in [5.74, 6) is 0.665. The van der Waals surface area contributed by atoms with Crippen molar-refractivity contribution in [1.82, 2.24) is 0 Å². The lowest BCUT2D eigenvalue weighted by atomic mass is 9.98. The second kappa shape index (κ2) is 11.5. The van der Waals surface area contributed by atoms with E-state index in [-0.39, 0.29) is 0 Å². The van der Waals surface area contributed by atoms with Crippen molar-refractivity contribution in [3.05, 3.63) is 12.2 Å². The first-order chi connectivity index (χ1) is 7.35. The number of hydrogen-bond acceptors (Lipinski definition) is 1. The number of nitrogens with zero attached hydrogens (tertiary/aromatic N) is 1. The Hall–Kier alpha value is -0.590. The van der Waals surface area contributed by atoms with Crippen LogP contribution in [0.5, 0.6) is 0 Å². The van der Waals surface area contributed by atoms with Crippen molar-refractivity contribution in [2.75, 3.05) is 6.54 Å². The van der Waals surface area contributed by atoms with Crippen molar-refractivity contribution in [2.24, 2.45) is 10.9 Å². The standard InChI is InChI=1S/C14H27N/c1-4-7-9-10-12-14(11-8-5-2)13-15-6-3/h5,8,13-14H,4,6-7,9-12H2,1-3H3/b8-5-,15-13+. The lowest BCUT2D eigenvalue weighted by Gasteiger charge is -2.09. The summed E-state index contributed by atoms with van der Waals surface area (Å²) in [4.78, 5) is 4.37. The number of aliphatic imine (C=N–C) groups is 1. The fraction of sp³-hybridized carbons (Fsp3) is 0.786. The molecule has 1 unspecified atom stereocenters. The maximum absolute atomic E-state index is 4.37. The zero-order chi connectivity index (χ0) is 11.4. The van der Waals surface area contributed by atoms with Gasteiger partial charge < -0.3 is 0 Å². The molecule has 0 aromatic heterocycles. The SMILES string of the molecule is C/C=C\CC(/C=N/CC)CCCCCC. The summed E-state index contributed by atoms with van der Waals surface area (Å²) in [6.45, 7) is 7.36. The van der Waals surface area contributed by atoms with Crippen molar-refractivity contribution >= 4 is 6.21 Å². The summed E-state index contributed by atoms with van der Waals surface area (Å²) < 4.78 is 0. The van der Waals surface area contributed by atoms with Crippen LogP contribution in [0.2, 0.25) is 0 Å². The monoisotopic (exact) mass is 209 g/mol. The van der Waals surface area contributed by atoms with Crippen LogP contribution < -0.4 is 0 Å². The van der Waals surface area contributed by atoms with Crippen molar-refractivity contribution in [3.8, 4) is 0 Å². The highest BCUT2D eigenvalue weighted by Gasteiger charge is 2.02. The Labute approximate surface area is 95.7 Å². The summed E-state index contributed by atoms with van der Waals surface area (Å²) in [6, 6.07) is 0. The van der Waals surface area contributed by atoms with Crippen molar-refractivity contribution in [1.29, 1.82) is 0 Å². The Bertz CT molecular complexity index is 170. The molecule has 0 aromatic rings. The van der Waals surface area contributed by atoms with Crippen molar-refractivity contribution < 1.29 is 0 Å². The van der Waals surface area contributed by atoms with Gasteiger partial charge in [0.1, 0.15) is 0 Å². The minimum absolute atomic E-state index is 0.665. The fourth-order valence-corrected chi connectivity index (χ4v) is 1.65. The molecule has 0 aliphatic heterocycles. The first kappa shape index (κ1) is 14.4. The maximum atomic E-state index is 4.37. The third-order valence-electron chi connectivity index (χ3n) is 2.60. The van der Waals surface area contributed by atoms with E-state index in [4.69, 9.17) is 0 Å². The Morgan fingerprint density at radius 1 is 1.13 bits per heavy atom. The molecule has 0 aliphatic carbocycles. The van der Waals surface area contributed by atoms with Gasteiger partial charge in [0.25, 0.3) is 0 Å². The third-order valence-corrected chi connectivity index (χ3v) is 2.60. The number of unbranched alkanes of at least 4 members (excludes halogenated alkanes) is 3. The molecule has 0 saturated heterocycles. The largest absolute Gasteiger partial charge is 0.298 e. The number of allylic oxidation sites excluding steroid dienone is 2. The molecule has 0 aliphatic rings. The molecule has 0 fully saturated rings. The molecule has 15 heavy (non-hydrogen) atoms. The zero-order valence-electron chi connectivity index (χ0n) is 10.7. The third kappa shape index (κ3) is 9.71. The lowest BCUT2D eigenvalue weighted by molar-refractivity contribution is 0.560. The first-order valence-electron chi connectivity index (χ1n) is 6.46. The van der Waals surface area contributed by atoms with Gasteiger partial charge in [0.15, 0.2) is 0 Å². The fourth-order valence-electron chi connectivity index (χ4n) is 1.65. The van der Waals surface area contributed by atoms with Crippen molar-refractivity contribution in [3.63, 3.8) is 0 Å². The average Bonchev–Trinajstić information content (AvgIpc) is 2.27. The van der Waals surface area contributed by atoms with Gasteiger partial charge in [-0.3, -0.25) is 4.99 Å². The highest BCUT2D eigenvalue weighted by atomic mass is 14.7. The molecule has 0 spiro atoms. The average molecular weight is 209 g/mol. The molecule has 0 bridgehead atoms. The van der Waals surface area contributed by atoms with Crippen LogP contribution in [0.15, 0.2) is 17.1 Å². The van der Waals surface area contributed by atoms with Gasteiger partial charge in [0.05, 0.1) is 0 Å². The lowest BCUT2D eigenvalue weighted by Crippen LogP contribution is -2.01. The van der Waals surface area contributed by atoms with E-state index in [9.17, 15) is 0 Å². The second-order valence-corrected chi connectivity index (χ2v) is 4.06. The van der Waals surface area contributed by atoms with Crippen LogP contribution in [0, 0.1) is 5.92 Å². The highest BCUT2D eigenvalue weighted by molar-refractivity contribution is 5.60. The van der Waals surface area contributed by atoms with E-state index >= 15 is 0 Å². The molecular formula is C14H27N. The summed E-state index contributed by atoms with van der Waals surface area (Å²) in [5.41, 5.74) is 0. The Morgan fingerprint density at radius 3 is 2.53 bits per heavy atom. The quantitative estimate of drug-likeness (QED) is 0.298. The summed E-state index contributed by atoms with van der Waals surface area (Å²) in [7, 11) is 0. The van der Waals surface area contributed by atoms with E-state index in [0.717, 1.165) is 13.0 Å². The first-order valence-corrected chi connectivity index (χ1v) is 6.46. The maximum Gasteiger partial charge on any atom is 0.0357 e. The van der Waals surface area contributed by atoms with E-state index in [0.29, 0.717) is 5.92 Å². The predicted molar refractivity (Wildman–Crippen MR) is 70.7 cm³/mol. The van der Waals surface area contributed by atoms with Gasteiger partial charge in [-0.05, 0) is 32.6 Å². The summed E-state index contributed by atoms with van der Waals surface area (Å²) >= 11 is 0.